The van der Waals surface area contributed by atoms with E-state index in [0.717, 1.165) is 0 Å². The van der Waals surface area contributed by atoms with Crippen LogP contribution in [-0.2, 0) is 24.4 Å². The van der Waals surface area contributed by atoms with Gasteiger partial charge in [0.05, 0.1) is 21.7 Å². The molecule has 124 valence electrons. The number of methoxy groups -OCH3 is 1. The Labute approximate surface area is 131 Å². The summed E-state index contributed by atoms with van der Waals surface area (Å²) < 4.78 is 54.1. The summed E-state index contributed by atoms with van der Waals surface area (Å²) in [7, 11) is -5.44. The van der Waals surface area contributed by atoms with Gasteiger partial charge in [0.1, 0.15) is 0 Å². The zero-order chi connectivity index (χ0) is 16.2. The van der Waals surface area contributed by atoms with Crippen molar-refractivity contribution in [2.45, 2.75) is 22.6 Å². The van der Waals surface area contributed by atoms with Crippen LogP contribution in [0.2, 0.25) is 0 Å². The molecule has 0 amide bonds. The standard InChI is InChI=1S/C14H21NO5S2/c1-20-9-5-8-15-13-10-21(16,17)11-14(13)22(18,19)12-6-3-2-4-7-12/h2-4,6-7,13-15H,5,8-11H2,1H3/t13-,14-/m0/s1. The zero-order valence-electron chi connectivity index (χ0n) is 12.4. The van der Waals surface area contributed by atoms with E-state index in [9.17, 15) is 16.8 Å². The smallest absolute Gasteiger partial charge is 0.183 e. The van der Waals surface area contributed by atoms with Crippen LogP contribution in [0.1, 0.15) is 6.42 Å². The predicted octanol–water partition coefficient (Wildman–Crippen LogP) is 0.252. The van der Waals surface area contributed by atoms with E-state index in [2.05, 4.69) is 5.32 Å². The SMILES string of the molecule is COCCCN[C@H]1CS(=O)(=O)C[C@@H]1S(=O)(=O)c1ccccc1. The van der Waals surface area contributed by atoms with Gasteiger partial charge in [-0.1, -0.05) is 18.2 Å². The van der Waals surface area contributed by atoms with Gasteiger partial charge in [-0.05, 0) is 25.1 Å². The van der Waals surface area contributed by atoms with Gasteiger partial charge < -0.3 is 10.1 Å². The molecule has 1 saturated heterocycles. The van der Waals surface area contributed by atoms with Gasteiger partial charge >= 0.3 is 0 Å². The number of hydrogen-bond acceptors (Lipinski definition) is 6. The maximum Gasteiger partial charge on any atom is 0.183 e. The van der Waals surface area contributed by atoms with Crippen molar-refractivity contribution in [3.63, 3.8) is 0 Å². The first kappa shape index (κ1) is 17.4. The molecule has 1 aromatic carbocycles. The number of ether oxygens (including phenoxy) is 1. The van der Waals surface area contributed by atoms with Crippen LogP contribution < -0.4 is 5.32 Å². The molecule has 1 heterocycles. The van der Waals surface area contributed by atoms with Crippen LogP contribution in [0.5, 0.6) is 0 Å². The van der Waals surface area contributed by atoms with E-state index in [0.29, 0.717) is 19.6 Å². The minimum Gasteiger partial charge on any atom is -0.385 e. The summed E-state index contributed by atoms with van der Waals surface area (Å²) in [5.41, 5.74) is 0. The first-order valence-electron chi connectivity index (χ1n) is 7.08. The average Bonchev–Trinajstić information content (AvgIpc) is 2.80. The normalized spacial score (nSPS) is 24.4. The maximum atomic E-state index is 12.7. The fourth-order valence-electron chi connectivity index (χ4n) is 2.60. The molecule has 0 radical (unpaired) electrons. The van der Waals surface area contributed by atoms with Crippen molar-refractivity contribution < 1.29 is 21.6 Å². The highest BCUT2D eigenvalue weighted by molar-refractivity contribution is 7.96. The highest BCUT2D eigenvalue weighted by Gasteiger charge is 2.45. The van der Waals surface area contributed by atoms with Crippen LogP contribution in [0.15, 0.2) is 35.2 Å². The lowest BCUT2D eigenvalue weighted by Gasteiger charge is -2.20. The minimum absolute atomic E-state index is 0.142. The van der Waals surface area contributed by atoms with Gasteiger partial charge in [-0.2, -0.15) is 0 Å². The molecule has 0 spiro atoms. The predicted molar refractivity (Wildman–Crippen MR) is 84.4 cm³/mol. The molecule has 6 nitrogen and oxygen atoms in total. The second-order valence-corrected chi connectivity index (χ2v) is 9.70. The van der Waals surface area contributed by atoms with Crippen LogP contribution in [-0.4, -0.2) is 59.9 Å². The number of sulfone groups is 2. The number of nitrogens with one attached hydrogen (secondary N) is 1. The van der Waals surface area contributed by atoms with Crippen molar-refractivity contribution in [1.29, 1.82) is 0 Å². The molecule has 1 aromatic rings. The first-order chi connectivity index (χ1) is 10.4. The van der Waals surface area contributed by atoms with Gasteiger partial charge in [-0.3, -0.25) is 0 Å². The number of rotatable bonds is 7. The highest BCUT2D eigenvalue weighted by atomic mass is 32.2. The molecule has 0 bridgehead atoms. The largest absolute Gasteiger partial charge is 0.385 e. The third-order valence-corrected chi connectivity index (χ3v) is 7.87. The molecule has 1 aliphatic rings. The quantitative estimate of drug-likeness (QED) is 0.711. The fourth-order valence-corrected chi connectivity index (χ4v) is 7.34. The molecular formula is C14H21NO5S2. The molecule has 8 heteroatoms. The molecule has 1 fully saturated rings. The Morgan fingerprint density at radius 3 is 2.55 bits per heavy atom. The van der Waals surface area contributed by atoms with E-state index >= 15 is 0 Å². The van der Waals surface area contributed by atoms with Crippen LogP contribution >= 0.6 is 0 Å². The van der Waals surface area contributed by atoms with Crippen LogP contribution in [0, 0.1) is 0 Å². The molecule has 0 unspecified atom stereocenters. The van der Waals surface area contributed by atoms with E-state index in [-0.39, 0.29) is 16.4 Å². The van der Waals surface area contributed by atoms with Gasteiger partial charge in [0.25, 0.3) is 0 Å². The average molecular weight is 347 g/mol. The van der Waals surface area contributed by atoms with Crippen molar-refractivity contribution in [3.8, 4) is 0 Å². The van der Waals surface area contributed by atoms with Gasteiger partial charge in [-0.25, -0.2) is 16.8 Å². The van der Waals surface area contributed by atoms with E-state index < -0.39 is 31.0 Å². The Morgan fingerprint density at radius 2 is 1.91 bits per heavy atom. The molecule has 1 aliphatic heterocycles. The molecule has 0 saturated carbocycles. The van der Waals surface area contributed by atoms with E-state index in [1.165, 1.54) is 12.1 Å². The van der Waals surface area contributed by atoms with Crippen molar-refractivity contribution in [2.75, 3.05) is 31.8 Å². The summed E-state index contributed by atoms with van der Waals surface area (Å²) in [6.45, 7) is 1.07. The van der Waals surface area contributed by atoms with Gasteiger partial charge in [0.15, 0.2) is 19.7 Å². The Hall–Kier alpha value is -0.960. The third-order valence-electron chi connectivity index (χ3n) is 3.70. The van der Waals surface area contributed by atoms with E-state index in [1.807, 2.05) is 0 Å². The second-order valence-electron chi connectivity index (χ2n) is 5.38. The lowest BCUT2D eigenvalue weighted by Crippen LogP contribution is -2.43. The first-order valence-corrected chi connectivity index (χ1v) is 10.5. The van der Waals surface area contributed by atoms with Gasteiger partial charge in [0, 0.05) is 19.8 Å². The topological polar surface area (TPSA) is 89.5 Å². The van der Waals surface area contributed by atoms with Crippen molar-refractivity contribution >= 4 is 19.7 Å². The highest BCUT2D eigenvalue weighted by Crippen LogP contribution is 2.25. The minimum atomic E-state index is -3.67. The fraction of sp³-hybridized carbons (Fsp3) is 0.571. The Bertz CT molecular complexity index is 685. The summed E-state index contributed by atoms with van der Waals surface area (Å²) in [5.74, 6) is -0.469. The van der Waals surface area contributed by atoms with Crippen molar-refractivity contribution in [2.24, 2.45) is 0 Å². The molecule has 2 atom stereocenters. The number of hydrogen-bond donors (Lipinski definition) is 1. The van der Waals surface area contributed by atoms with E-state index in [1.54, 1.807) is 25.3 Å². The van der Waals surface area contributed by atoms with Crippen LogP contribution in [0.3, 0.4) is 0 Å². The van der Waals surface area contributed by atoms with Crippen LogP contribution in [0.4, 0.5) is 0 Å². The summed E-state index contributed by atoms with van der Waals surface area (Å²) >= 11 is 0. The molecular weight excluding hydrogens is 326 g/mol. The summed E-state index contributed by atoms with van der Waals surface area (Å²) in [5, 5.41) is 2.12. The van der Waals surface area contributed by atoms with Crippen molar-refractivity contribution in [1.82, 2.24) is 5.32 Å². The molecule has 0 aromatic heterocycles. The molecule has 22 heavy (non-hydrogen) atoms. The Kier molecular flexibility index (Phi) is 5.60. The molecule has 2 rings (SSSR count). The Morgan fingerprint density at radius 1 is 1.23 bits per heavy atom. The molecule has 0 aliphatic carbocycles. The zero-order valence-corrected chi connectivity index (χ0v) is 14.1. The third kappa shape index (κ3) is 4.07. The van der Waals surface area contributed by atoms with E-state index in [4.69, 9.17) is 4.74 Å². The summed E-state index contributed by atoms with van der Waals surface area (Å²) in [4.78, 5) is 0.167. The summed E-state index contributed by atoms with van der Waals surface area (Å²) in [6.07, 6.45) is 0.700. The van der Waals surface area contributed by atoms with Crippen LogP contribution in [0.25, 0.3) is 0 Å². The summed E-state index contributed by atoms with van der Waals surface area (Å²) in [6, 6.07) is 7.43. The lowest BCUT2D eigenvalue weighted by atomic mass is 10.2. The number of benzene rings is 1. The maximum absolute atomic E-state index is 12.7. The Balaban J connectivity index is 2.19. The second kappa shape index (κ2) is 7.08. The van der Waals surface area contributed by atoms with Crippen molar-refractivity contribution in [3.05, 3.63) is 30.3 Å². The van der Waals surface area contributed by atoms with Gasteiger partial charge in [-0.15, -0.1) is 0 Å². The monoisotopic (exact) mass is 347 g/mol. The lowest BCUT2D eigenvalue weighted by molar-refractivity contribution is 0.193. The molecule has 1 N–H and O–H groups in total. The van der Waals surface area contributed by atoms with Gasteiger partial charge in [0.2, 0.25) is 0 Å².